The maximum Gasteiger partial charge on any atom is 0.165 e. The molecule has 2 aromatic carbocycles. The number of amidine groups is 1. The van der Waals surface area contributed by atoms with Gasteiger partial charge in [-0.1, -0.05) is 54.0 Å². The highest BCUT2D eigenvalue weighted by molar-refractivity contribution is 8.14. The molecule has 0 radical (unpaired) electrons. The lowest BCUT2D eigenvalue weighted by molar-refractivity contribution is 0.335. The van der Waals surface area contributed by atoms with Crippen LogP contribution in [0.1, 0.15) is 18.9 Å². The average molecular weight is 395 g/mol. The number of benzene rings is 2. The fraction of sp³-hybridized carbons (Fsp3) is 0.316. The van der Waals surface area contributed by atoms with Gasteiger partial charge in [-0.05, 0) is 36.2 Å². The lowest BCUT2D eigenvalue weighted by Gasteiger charge is -2.25. The largest absolute Gasteiger partial charge is 0.497 e. The van der Waals surface area contributed by atoms with Gasteiger partial charge in [0.15, 0.2) is 5.17 Å². The number of hydrogen-bond acceptors (Lipinski definition) is 3. The van der Waals surface area contributed by atoms with Crippen molar-refractivity contribution >= 4 is 45.8 Å². The highest BCUT2D eigenvalue weighted by atomic mass is 35.5. The van der Waals surface area contributed by atoms with Crippen LogP contribution in [0.2, 0.25) is 10.0 Å². The first-order valence-electron chi connectivity index (χ1n) is 8.16. The quantitative estimate of drug-likeness (QED) is 0.619. The Balaban J connectivity index is 1.88. The maximum atomic E-state index is 6.37. The Morgan fingerprint density at radius 1 is 1.24 bits per heavy atom. The monoisotopic (exact) mass is 394 g/mol. The zero-order valence-electron chi connectivity index (χ0n) is 14.2. The van der Waals surface area contributed by atoms with Gasteiger partial charge in [0.1, 0.15) is 5.75 Å². The molecule has 0 saturated carbocycles. The first-order chi connectivity index (χ1) is 12.1. The van der Waals surface area contributed by atoms with Crippen molar-refractivity contribution in [3.05, 3.63) is 58.1 Å². The number of thioether (sulfide) groups is 1. The first-order valence-corrected chi connectivity index (χ1v) is 9.91. The third kappa shape index (κ3) is 4.43. The summed E-state index contributed by atoms with van der Waals surface area (Å²) in [4.78, 5) is 7.18. The summed E-state index contributed by atoms with van der Waals surface area (Å²) < 4.78 is 5.29. The van der Waals surface area contributed by atoms with Crippen molar-refractivity contribution in [2.75, 3.05) is 12.9 Å². The summed E-state index contributed by atoms with van der Waals surface area (Å²) in [5.74, 6) is 1.84. The van der Waals surface area contributed by atoms with E-state index in [9.17, 15) is 0 Å². The van der Waals surface area contributed by atoms with Gasteiger partial charge in [0.25, 0.3) is 0 Å². The molecule has 6 heteroatoms. The van der Waals surface area contributed by atoms with Gasteiger partial charge in [0.05, 0.1) is 12.8 Å². The summed E-state index contributed by atoms with van der Waals surface area (Å²) in [6.07, 6.45) is 1.06. The second-order valence-corrected chi connectivity index (χ2v) is 7.66. The van der Waals surface area contributed by atoms with E-state index in [1.54, 1.807) is 24.9 Å². The van der Waals surface area contributed by atoms with E-state index in [-0.39, 0.29) is 0 Å². The Hall–Kier alpha value is -1.36. The minimum atomic E-state index is 0.445. The van der Waals surface area contributed by atoms with E-state index in [0.717, 1.165) is 40.9 Å². The predicted octanol–water partition coefficient (Wildman–Crippen LogP) is 6.02. The zero-order valence-corrected chi connectivity index (χ0v) is 16.5. The third-order valence-electron chi connectivity index (χ3n) is 4.20. The van der Waals surface area contributed by atoms with Crippen molar-refractivity contribution in [1.29, 1.82) is 0 Å². The van der Waals surface area contributed by atoms with Gasteiger partial charge >= 0.3 is 0 Å². The fourth-order valence-corrected chi connectivity index (χ4v) is 4.53. The summed E-state index contributed by atoms with van der Waals surface area (Å²) in [6, 6.07) is 13.9. The van der Waals surface area contributed by atoms with Crippen LogP contribution in [-0.4, -0.2) is 29.0 Å². The fourth-order valence-electron chi connectivity index (χ4n) is 2.76. The molecule has 0 aliphatic carbocycles. The van der Waals surface area contributed by atoms with E-state index in [4.69, 9.17) is 32.9 Å². The molecular weight excluding hydrogens is 375 g/mol. The average Bonchev–Trinajstić information content (AvgIpc) is 2.99. The number of aliphatic imine (C=N–C) groups is 1. The van der Waals surface area contributed by atoms with Crippen LogP contribution in [0.4, 0.5) is 5.69 Å². The van der Waals surface area contributed by atoms with E-state index in [2.05, 4.69) is 11.8 Å². The van der Waals surface area contributed by atoms with Gasteiger partial charge in [-0.25, -0.2) is 4.99 Å². The van der Waals surface area contributed by atoms with Gasteiger partial charge in [-0.3, -0.25) is 0 Å². The van der Waals surface area contributed by atoms with E-state index in [1.807, 2.05) is 36.4 Å². The number of methoxy groups -OCH3 is 1. The van der Waals surface area contributed by atoms with Gasteiger partial charge in [0, 0.05) is 34.5 Å². The molecule has 1 unspecified atom stereocenters. The Bertz CT molecular complexity index is 782. The summed E-state index contributed by atoms with van der Waals surface area (Å²) >= 11 is 14.2. The van der Waals surface area contributed by atoms with Gasteiger partial charge in [-0.2, -0.15) is 0 Å². The lowest BCUT2D eigenvalue weighted by atomic mass is 10.1. The maximum absolute atomic E-state index is 6.37. The Morgan fingerprint density at radius 2 is 2.08 bits per heavy atom. The Labute approximate surface area is 163 Å². The molecule has 0 spiro atoms. The smallest absolute Gasteiger partial charge is 0.165 e. The van der Waals surface area contributed by atoms with Gasteiger partial charge in [0.2, 0.25) is 0 Å². The number of nitrogens with zero attached hydrogens (tertiary/aromatic N) is 2. The highest BCUT2D eigenvalue weighted by Crippen LogP contribution is 2.32. The van der Waals surface area contributed by atoms with Crippen molar-refractivity contribution in [2.45, 2.75) is 25.9 Å². The number of hydrogen-bond donors (Lipinski definition) is 0. The molecule has 1 heterocycles. The lowest BCUT2D eigenvalue weighted by Crippen LogP contribution is -2.32. The van der Waals surface area contributed by atoms with Crippen LogP contribution < -0.4 is 4.74 Å². The second kappa shape index (κ2) is 8.35. The van der Waals surface area contributed by atoms with Crippen molar-refractivity contribution in [1.82, 2.24) is 4.90 Å². The minimum absolute atomic E-state index is 0.445. The normalized spacial score (nSPS) is 18.8. The third-order valence-corrected chi connectivity index (χ3v) is 5.92. The second-order valence-electron chi connectivity index (χ2n) is 5.83. The van der Waals surface area contributed by atoms with Crippen molar-refractivity contribution in [2.24, 2.45) is 4.99 Å². The number of ether oxygens (including phenoxy) is 1. The standard InChI is InChI=1S/C19H20Cl2N2OS/c1-3-16-12-25-19(22-15-5-4-6-17(10-15)24-2)23(16)11-13-7-8-14(20)9-18(13)21/h4-10,16H,3,11-12H2,1-2H3. The van der Waals surface area contributed by atoms with Crippen LogP contribution in [-0.2, 0) is 6.54 Å². The van der Waals surface area contributed by atoms with Crippen LogP contribution in [0.25, 0.3) is 0 Å². The number of halogens is 2. The highest BCUT2D eigenvalue weighted by Gasteiger charge is 2.29. The van der Waals surface area contributed by atoms with Crippen LogP contribution in [0, 0.1) is 0 Å². The molecule has 1 aliphatic rings. The van der Waals surface area contributed by atoms with Crippen LogP contribution in [0.5, 0.6) is 5.75 Å². The molecule has 1 saturated heterocycles. The minimum Gasteiger partial charge on any atom is -0.497 e. The van der Waals surface area contributed by atoms with Crippen LogP contribution in [0.3, 0.4) is 0 Å². The first kappa shape index (κ1) is 18.4. The summed E-state index contributed by atoms with van der Waals surface area (Å²) in [7, 11) is 1.67. The van der Waals surface area contributed by atoms with E-state index >= 15 is 0 Å². The molecule has 25 heavy (non-hydrogen) atoms. The summed E-state index contributed by atoms with van der Waals surface area (Å²) in [5, 5.41) is 2.37. The molecule has 1 aliphatic heterocycles. The van der Waals surface area contributed by atoms with Gasteiger partial charge in [-0.15, -0.1) is 0 Å². The molecule has 2 aromatic rings. The molecule has 3 nitrogen and oxygen atoms in total. The van der Waals surface area contributed by atoms with E-state index in [1.165, 1.54) is 0 Å². The van der Waals surface area contributed by atoms with Crippen LogP contribution in [0.15, 0.2) is 47.5 Å². The molecule has 132 valence electrons. The number of rotatable bonds is 5. The Kier molecular flexibility index (Phi) is 6.15. The van der Waals surface area contributed by atoms with Gasteiger partial charge < -0.3 is 9.64 Å². The summed E-state index contributed by atoms with van der Waals surface area (Å²) in [6.45, 7) is 2.93. The van der Waals surface area contributed by atoms with Crippen LogP contribution >= 0.6 is 35.0 Å². The topological polar surface area (TPSA) is 24.8 Å². The molecule has 0 amide bonds. The molecule has 1 atom stereocenters. The molecule has 0 bridgehead atoms. The molecule has 3 rings (SSSR count). The summed E-state index contributed by atoms with van der Waals surface area (Å²) in [5.41, 5.74) is 1.95. The van der Waals surface area contributed by atoms with Crippen molar-refractivity contribution in [3.8, 4) is 5.75 Å². The molecule has 0 N–H and O–H groups in total. The molecular formula is C19H20Cl2N2OS. The Morgan fingerprint density at radius 3 is 2.80 bits per heavy atom. The zero-order chi connectivity index (χ0) is 17.8. The molecule has 0 aromatic heterocycles. The predicted molar refractivity (Wildman–Crippen MR) is 109 cm³/mol. The SMILES string of the molecule is CCC1CSC(=Nc2cccc(OC)c2)N1Cc1ccc(Cl)cc1Cl. The van der Waals surface area contributed by atoms with E-state index in [0.29, 0.717) is 16.1 Å². The van der Waals surface area contributed by atoms with Crippen molar-refractivity contribution in [3.63, 3.8) is 0 Å². The van der Waals surface area contributed by atoms with Crippen molar-refractivity contribution < 1.29 is 4.74 Å². The molecule has 1 fully saturated rings. The van der Waals surface area contributed by atoms with E-state index < -0.39 is 0 Å².